The Morgan fingerprint density at radius 1 is 1.05 bits per heavy atom. The first-order chi connectivity index (χ1) is 9.65. The number of fused-ring (bicyclic) bond motifs is 1. The van der Waals surface area contributed by atoms with Crippen molar-refractivity contribution < 1.29 is 15.0 Å². The monoisotopic (exact) mass is 267 g/mol. The number of rotatable bonds is 3. The molecule has 0 fully saturated rings. The van der Waals surface area contributed by atoms with Crippen molar-refractivity contribution in [2.75, 3.05) is 0 Å². The maximum Gasteiger partial charge on any atom is 0.337 e. The molecule has 0 unspecified atom stereocenters. The van der Waals surface area contributed by atoms with Crippen LogP contribution in [0.15, 0.2) is 54.7 Å². The summed E-state index contributed by atoms with van der Waals surface area (Å²) in [7, 11) is 0. The lowest BCUT2D eigenvalue weighted by molar-refractivity contribution is 0.0699. The second kappa shape index (κ2) is 4.74. The number of nitrogens with zero attached hydrogens (tertiary/aromatic N) is 1. The molecule has 20 heavy (non-hydrogen) atoms. The van der Waals surface area contributed by atoms with E-state index in [0.29, 0.717) is 12.1 Å². The maximum absolute atomic E-state index is 11.3. The molecule has 0 bridgehead atoms. The van der Waals surface area contributed by atoms with Crippen LogP contribution in [0, 0.1) is 0 Å². The van der Waals surface area contributed by atoms with Crippen molar-refractivity contribution in [3.05, 3.63) is 65.9 Å². The minimum absolute atomic E-state index is 0.220. The molecule has 4 heteroatoms. The number of phenols is 1. The zero-order valence-electron chi connectivity index (χ0n) is 10.7. The van der Waals surface area contributed by atoms with Gasteiger partial charge in [-0.2, -0.15) is 0 Å². The zero-order chi connectivity index (χ0) is 14.1. The summed E-state index contributed by atoms with van der Waals surface area (Å²) in [5.41, 5.74) is 2.19. The number of para-hydroxylation sites is 1. The van der Waals surface area contributed by atoms with Gasteiger partial charge in [-0.15, -0.1) is 0 Å². The fraction of sp³-hybridized carbons (Fsp3) is 0.0625. The molecule has 1 aromatic heterocycles. The van der Waals surface area contributed by atoms with Crippen LogP contribution in [0.4, 0.5) is 0 Å². The molecule has 3 rings (SSSR count). The molecule has 0 aliphatic carbocycles. The summed E-state index contributed by atoms with van der Waals surface area (Å²) in [6.07, 6.45) is 1.65. The number of carboxylic acid groups (broad SMARTS) is 1. The van der Waals surface area contributed by atoms with Crippen LogP contribution in [0.1, 0.15) is 15.9 Å². The lowest BCUT2D eigenvalue weighted by Crippen LogP contribution is -1.98. The Hall–Kier alpha value is -2.75. The number of carboxylic acids is 1. The predicted molar refractivity (Wildman–Crippen MR) is 76.1 cm³/mol. The molecule has 0 spiro atoms. The van der Waals surface area contributed by atoms with Gasteiger partial charge in [0.15, 0.2) is 0 Å². The summed E-state index contributed by atoms with van der Waals surface area (Å²) in [6.45, 7) is 0.564. The standard InChI is InChI=1S/C16H13NO3/c18-12-7-5-11(6-8-12)9-17-10-14(16(19)20)13-3-1-2-4-15(13)17/h1-8,10,18H,9H2,(H,19,20). The van der Waals surface area contributed by atoms with E-state index in [1.807, 2.05) is 41.0 Å². The van der Waals surface area contributed by atoms with Gasteiger partial charge in [0, 0.05) is 23.6 Å². The van der Waals surface area contributed by atoms with Crippen LogP contribution in [0.25, 0.3) is 10.9 Å². The Bertz CT molecular complexity index is 772. The number of aromatic hydroxyl groups is 1. The van der Waals surface area contributed by atoms with E-state index < -0.39 is 5.97 Å². The summed E-state index contributed by atoms with van der Waals surface area (Å²) in [5, 5.41) is 19.3. The average molecular weight is 267 g/mol. The molecule has 3 aromatic rings. The lowest BCUT2D eigenvalue weighted by atomic mass is 10.2. The minimum atomic E-state index is -0.925. The maximum atomic E-state index is 11.3. The molecule has 2 aromatic carbocycles. The van der Waals surface area contributed by atoms with Crippen molar-refractivity contribution in [1.29, 1.82) is 0 Å². The highest BCUT2D eigenvalue weighted by Gasteiger charge is 2.13. The number of phenolic OH excluding ortho intramolecular Hbond substituents is 1. The Labute approximate surface area is 115 Å². The summed E-state index contributed by atoms with van der Waals surface area (Å²) < 4.78 is 1.91. The molecule has 0 amide bonds. The van der Waals surface area contributed by atoms with Crippen molar-refractivity contribution in [3.63, 3.8) is 0 Å². The van der Waals surface area contributed by atoms with E-state index in [1.54, 1.807) is 18.3 Å². The molecule has 0 atom stereocenters. The number of hydrogen-bond donors (Lipinski definition) is 2. The lowest BCUT2D eigenvalue weighted by Gasteiger charge is -2.05. The van der Waals surface area contributed by atoms with Crippen LogP contribution in [0.3, 0.4) is 0 Å². The van der Waals surface area contributed by atoms with Crippen molar-refractivity contribution >= 4 is 16.9 Å². The highest BCUT2D eigenvalue weighted by molar-refractivity contribution is 6.03. The van der Waals surface area contributed by atoms with Crippen LogP contribution in [0.5, 0.6) is 5.75 Å². The topological polar surface area (TPSA) is 62.5 Å². The molecule has 0 aliphatic heterocycles. The molecule has 0 radical (unpaired) electrons. The zero-order valence-corrected chi connectivity index (χ0v) is 10.7. The summed E-state index contributed by atoms with van der Waals surface area (Å²) >= 11 is 0. The van der Waals surface area contributed by atoms with Crippen LogP contribution < -0.4 is 0 Å². The van der Waals surface area contributed by atoms with Crippen LogP contribution in [0.2, 0.25) is 0 Å². The van der Waals surface area contributed by atoms with Gasteiger partial charge in [-0.3, -0.25) is 0 Å². The van der Waals surface area contributed by atoms with Crippen LogP contribution in [-0.2, 0) is 6.54 Å². The molecular weight excluding hydrogens is 254 g/mol. The molecule has 0 saturated carbocycles. The first-order valence-corrected chi connectivity index (χ1v) is 6.24. The Balaban J connectivity index is 2.07. The molecule has 1 heterocycles. The molecular formula is C16H13NO3. The second-order valence-corrected chi connectivity index (χ2v) is 4.66. The van der Waals surface area contributed by atoms with Gasteiger partial charge >= 0.3 is 5.97 Å². The fourth-order valence-corrected chi connectivity index (χ4v) is 2.35. The number of hydrogen-bond acceptors (Lipinski definition) is 2. The van der Waals surface area contributed by atoms with Gasteiger partial charge in [-0.1, -0.05) is 30.3 Å². The summed E-state index contributed by atoms with van der Waals surface area (Å²) in [5.74, 6) is -0.706. The van der Waals surface area contributed by atoms with E-state index in [-0.39, 0.29) is 5.75 Å². The Kier molecular flexibility index (Phi) is 2.91. The quantitative estimate of drug-likeness (QED) is 0.766. The predicted octanol–water partition coefficient (Wildman–Crippen LogP) is 3.09. The number of aromatic nitrogens is 1. The van der Waals surface area contributed by atoms with Crippen molar-refractivity contribution in [3.8, 4) is 5.75 Å². The SMILES string of the molecule is O=C(O)c1cn(Cc2ccc(O)cc2)c2ccccc12. The third kappa shape index (κ3) is 2.12. The first-order valence-electron chi connectivity index (χ1n) is 6.24. The Morgan fingerprint density at radius 2 is 1.75 bits per heavy atom. The van der Waals surface area contributed by atoms with E-state index in [9.17, 15) is 15.0 Å². The smallest absolute Gasteiger partial charge is 0.337 e. The average Bonchev–Trinajstić information content (AvgIpc) is 2.81. The first kappa shape index (κ1) is 12.3. The third-order valence-corrected chi connectivity index (χ3v) is 3.31. The van der Waals surface area contributed by atoms with Gasteiger partial charge < -0.3 is 14.8 Å². The van der Waals surface area contributed by atoms with E-state index in [4.69, 9.17) is 0 Å². The number of aromatic carboxylic acids is 1. The van der Waals surface area contributed by atoms with Gasteiger partial charge in [-0.25, -0.2) is 4.79 Å². The summed E-state index contributed by atoms with van der Waals surface area (Å²) in [6, 6.07) is 14.3. The van der Waals surface area contributed by atoms with E-state index >= 15 is 0 Å². The molecule has 2 N–H and O–H groups in total. The van der Waals surface area contributed by atoms with Crippen LogP contribution in [-0.4, -0.2) is 20.7 Å². The van der Waals surface area contributed by atoms with Crippen molar-refractivity contribution in [2.24, 2.45) is 0 Å². The molecule has 0 saturated heterocycles. The summed E-state index contributed by atoms with van der Waals surface area (Å²) in [4.78, 5) is 11.3. The normalized spacial score (nSPS) is 10.8. The van der Waals surface area contributed by atoms with Crippen molar-refractivity contribution in [2.45, 2.75) is 6.54 Å². The van der Waals surface area contributed by atoms with E-state index in [1.165, 1.54) is 0 Å². The largest absolute Gasteiger partial charge is 0.508 e. The molecule has 100 valence electrons. The van der Waals surface area contributed by atoms with E-state index in [0.717, 1.165) is 16.5 Å². The van der Waals surface area contributed by atoms with Gasteiger partial charge in [-0.05, 0) is 23.8 Å². The third-order valence-electron chi connectivity index (χ3n) is 3.31. The molecule has 0 aliphatic rings. The number of benzene rings is 2. The van der Waals surface area contributed by atoms with Crippen LogP contribution >= 0.6 is 0 Å². The van der Waals surface area contributed by atoms with Crippen molar-refractivity contribution in [1.82, 2.24) is 4.57 Å². The van der Waals surface area contributed by atoms with Gasteiger partial charge in [0.05, 0.1) is 5.56 Å². The minimum Gasteiger partial charge on any atom is -0.508 e. The molecule has 4 nitrogen and oxygen atoms in total. The Morgan fingerprint density at radius 3 is 2.45 bits per heavy atom. The van der Waals surface area contributed by atoms with Gasteiger partial charge in [0.25, 0.3) is 0 Å². The van der Waals surface area contributed by atoms with Gasteiger partial charge in [0.1, 0.15) is 5.75 Å². The highest BCUT2D eigenvalue weighted by atomic mass is 16.4. The van der Waals surface area contributed by atoms with E-state index in [2.05, 4.69) is 0 Å². The second-order valence-electron chi connectivity index (χ2n) is 4.66. The highest BCUT2D eigenvalue weighted by Crippen LogP contribution is 2.22. The fourth-order valence-electron chi connectivity index (χ4n) is 2.35. The number of carbonyl (C=O) groups is 1. The van der Waals surface area contributed by atoms with Gasteiger partial charge in [0.2, 0.25) is 0 Å².